The van der Waals surface area contributed by atoms with E-state index in [1.165, 1.54) is 0 Å². The zero-order valence-corrected chi connectivity index (χ0v) is 10.7. The smallest absolute Gasteiger partial charge is 0.113 e. The van der Waals surface area contributed by atoms with Crippen LogP contribution in [0, 0.1) is 0 Å². The minimum absolute atomic E-state index is 0.435. The summed E-state index contributed by atoms with van der Waals surface area (Å²) in [5.41, 5.74) is 9.46. The summed E-state index contributed by atoms with van der Waals surface area (Å²) < 4.78 is 0. The third-order valence-electron chi connectivity index (χ3n) is 2.87. The van der Waals surface area contributed by atoms with E-state index in [9.17, 15) is 0 Å². The molecule has 0 aliphatic rings. The Hall–Kier alpha value is -2.14. The lowest BCUT2D eigenvalue weighted by molar-refractivity contribution is 1.12. The highest BCUT2D eigenvalue weighted by Gasteiger charge is 2.06. The van der Waals surface area contributed by atoms with E-state index in [0.717, 1.165) is 16.6 Å². The van der Waals surface area contributed by atoms with Gasteiger partial charge in [-0.25, -0.2) is 0 Å². The van der Waals surface area contributed by atoms with Crippen LogP contribution in [0.2, 0.25) is 5.02 Å². The monoisotopic (exact) mass is 268 g/mol. The molecule has 2 aromatic carbocycles. The van der Waals surface area contributed by atoms with Crippen LogP contribution in [0.1, 0.15) is 0 Å². The minimum Gasteiger partial charge on any atom is -0.396 e. The summed E-state index contributed by atoms with van der Waals surface area (Å²) in [5.74, 6) is 0. The van der Waals surface area contributed by atoms with Gasteiger partial charge >= 0.3 is 0 Å². The molecule has 4 N–H and O–H groups in total. The standard InChI is InChI=1S/C13H10BClN4/c14-8-3-10(15)13(16)12(4-8)18-9-2-1-7-6-17-19-11(7)5-9/h1-6,18H,16H2,(H,17,19). The lowest BCUT2D eigenvalue weighted by Gasteiger charge is -2.12. The molecular formula is C13H10BClN4. The van der Waals surface area contributed by atoms with Crippen LogP contribution in [0.4, 0.5) is 17.1 Å². The first-order valence-electron chi connectivity index (χ1n) is 5.68. The number of nitrogens with one attached hydrogen (secondary N) is 2. The summed E-state index contributed by atoms with van der Waals surface area (Å²) in [5, 5.41) is 11.6. The highest BCUT2D eigenvalue weighted by Crippen LogP contribution is 2.29. The van der Waals surface area contributed by atoms with Crippen LogP contribution in [-0.4, -0.2) is 18.0 Å². The van der Waals surface area contributed by atoms with Crippen molar-refractivity contribution in [3.63, 3.8) is 0 Å². The SMILES string of the molecule is [B]c1cc(Cl)c(N)c(Nc2ccc3cn[nH]c3c2)c1. The van der Waals surface area contributed by atoms with Gasteiger partial charge in [0.05, 0.1) is 28.1 Å². The largest absolute Gasteiger partial charge is 0.396 e. The second-order valence-electron chi connectivity index (χ2n) is 4.26. The van der Waals surface area contributed by atoms with Crippen molar-refractivity contribution < 1.29 is 0 Å². The van der Waals surface area contributed by atoms with Gasteiger partial charge in [-0.1, -0.05) is 17.1 Å². The van der Waals surface area contributed by atoms with E-state index in [2.05, 4.69) is 15.5 Å². The Labute approximate surface area is 116 Å². The van der Waals surface area contributed by atoms with Gasteiger partial charge in [0.1, 0.15) is 7.85 Å². The second kappa shape index (κ2) is 4.51. The van der Waals surface area contributed by atoms with E-state index in [4.69, 9.17) is 25.2 Å². The van der Waals surface area contributed by atoms with Crippen LogP contribution >= 0.6 is 11.6 Å². The van der Waals surface area contributed by atoms with Crippen LogP contribution in [-0.2, 0) is 0 Å². The van der Waals surface area contributed by atoms with E-state index in [1.807, 2.05) is 18.2 Å². The topological polar surface area (TPSA) is 66.7 Å². The highest BCUT2D eigenvalue weighted by molar-refractivity contribution is 6.38. The Morgan fingerprint density at radius 3 is 2.95 bits per heavy atom. The molecule has 1 heterocycles. The molecule has 0 aliphatic carbocycles. The molecule has 0 unspecified atom stereocenters. The summed E-state index contributed by atoms with van der Waals surface area (Å²) in [7, 11) is 5.76. The molecule has 0 saturated heterocycles. The van der Waals surface area contributed by atoms with Gasteiger partial charge < -0.3 is 11.1 Å². The minimum atomic E-state index is 0.435. The van der Waals surface area contributed by atoms with Crippen LogP contribution in [0.25, 0.3) is 10.9 Å². The Balaban J connectivity index is 2.00. The number of nitrogens with two attached hydrogens (primary N) is 1. The van der Waals surface area contributed by atoms with Gasteiger partial charge in [0.15, 0.2) is 0 Å². The number of aromatic amines is 1. The van der Waals surface area contributed by atoms with Gasteiger partial charge in [0.25, 0.3) is 0 Å². The summed E-state index contributed by atoms with van der Waals surface area (Å²) in [6.07, 6.45) is 1.77. The maximum atomic E-state index is 6.00. The molecule has 4 nitrogen and oxygen atoms in total. The Bertz CT molecular complexity index is 753. The Morgan fingerprint density at radius 1 is 1.26 bits per heavy atom. The van der Waals surface area contributed by atoms with E-state index >= 15 is 0 Å². The average molecular weight is 269 g/mol. The molecule has 0 aliphatic heterocycles. The number of anilines is 3. The summed E-state index contributed by atoms with van der Waals surface area (Å²) >= 11 is 6.00. The lowest BCUT2D eigenvalue weighted by Crippen LogP contribution is -2.07. The molecule has 1 aromatic heterocycles. The average Bonchev–Trinajstić information content (AvgIpc) is 2.82. The van der Waals surface area contributed by atoms with Crippen molar-refractivity contribution >= 4 is 52.9 Å². The number of H-pyrrole nitrogens is 1. The number of nitrogens with zero attached hydrogens (tertiary/aromatic N) is 1. The van der Waals surface area contributed by atoms with E-state index in [-0.39, 0.29) is 0 Å². The van der Waals surface area contributed by atoms with Crippen molar-refractivity contribution in [2.45, 2.75) is 0 Å². The van der Waals surface area contributed by atoms with Crippen LogP contribution in [0.5, 0.6) is 0 Å². The molecular weight excluding hydrogens is 258 g/mol. The normalized spacial score (nSPS) is 10.8. The van der Waals surface area contributed by atoms with Crippen molar-refractivity contribution in [2.24, 2.45) is 0 Å². The van der Waals surface area contributed by atoms with E-state index < -0.39 is 0 Å². The Morgan fingerprint density at radius 2 is 2.11 bits per heavy atom. The lowest BCUT2D eigenvalue weighted by atomic mass is 9.95. The number of aromatic nitrogens is 2. The zero-order chi connectivity index (χ0) is 13.4. The molecule has 92 valence electrons. The zero-order valence-electron chi connectivity index (χ0n) is 9.94. The van der Waals surface area contributed by atoms with Crippen LogP contribution in [0.3, 0.4) is 0 Å². The number of halogens is 1. The first kappa shape index (κ1) is 11.9. The Kier molecular flexibility index (Phi) is 2.83. The first-order valence-corrected chi connectivity index (χ1v) is 6.06. The molecule has 0 amide bonds. The van der Waals surface area contributed by atoms with Gasteiger partial charge in [0.2, 0.25) is 0 Å². The molecule has 3 aromatic rings. The van der Waals surface area contributed by atoms with Gasteiger partial charge in [0, 0.05) is 11.1 Å². The molecule has 3 rings (SSSR count). The van der Waals surface area contributed by atoms with Gasteiger partial charge in [-0.05, 0) is 30.3 Å². The molecule has 19 heavy (non-hydrogen) atoms. The quantitative estimate of drug-likeness (QED) is 0.494. The summed E-state index contributed by atoms with van der Waals surface area (Å²) in [6, 6.07) is 9.22. The molecule has 0 atom stereocenters. The number of hydrogen-bond acceptors (Lipinski definition) is 3. The number of nitrogen functional groups attached to an aromatic ring is 1. The predicted molar refractivity (Wildman–Crippen MR) is 80.6 cm³/mol. The fourth-order valence-corrected chi connectivity index (χ4v) is 2.14. The van der Waals surface area contributed by atoms with Crippen molar-refractivity contribution in [2.75, 3.05) is 11.1 Å². The molecule has 0 bridgehead atoms. The maximum absolute atomic E-state index is 6.00. The highest BCUT2D eigenvalue weighted by atomic mass is 35.5. The summed E-state index contributed by atoms with van der Waals surface area (Å²) in [6.45, 7) is 0. The fraction of sp³-hybridized carbons (Fsp3) is 0. The fourth-order valence-electron chi connectivity index (χ4n) is 1.91. The number of fused-ring (bicyclic) bond motifs is 1. The van der Waals surface area contributed by atoms with E-state index in [0.29, 0.717) is 21.9 Å². The van der Waals surface area contributed by atoms with Gasteiger partial charge in [-0.15, -0.1) is 0 Å². The molecule has 2 radical (unpaired) electrons. The van der Waals surface area contributed by atoms with Gasteiger partial charge in [-0.3, -0.25) is 5.10 Å². The van der Waals surface area contributed by atoms with Crippen molar-refractivity contribution in [3.05, 3.63) is 41.6 Å². The molecule has 6 heteroatoms. The number of benzene rings is 2. The van der Waals surface area contributed by atoms with Crippen molar-refractivity contribution in [1.29, 1.82) is 0 Å². The van der Waals surface area contributed by atoms with Crippen LogP contribution in [0.15, 0.2) is 36.5 Å². The first-order chi connectivity index (χ1) is 9.13. The maximum Gasteiger partial charge on any atom is 0.113 e. The molecule has 0 fully saturated rings. The van der Waals surface area contributed by atoms with Gasteiger partial charge in [-0.2, -0.15) is 5.10 Å². The van der Waals surface area contributed by atoms with Crippen molar-refractivity contribution in [1.82, 2.24) is 10.2 Å². The summed E-state index contributed by atoms with van der Waals surface area (Å²) in [4.78, 5) is 0. The third kappa shape index (κ3) is 2.24. The number of hydrogen-bond donors (Lipinski definition) is 3. The number of rotatable bonds is 2. The second-order valence-corrected chi connectivity index (χ2v) is 4.67. The molecule has 0 spiro atoms. The van der Waals surface area contributed by atoms with Crippen LogP contribution < -0.4 is 16.5 Å². The third-order valence-corrected chi connectivity index (χ3v) is 3.19. The van der Waals surface area contributed by atoms with E-state index in [1.54, 1.807) is 18.3 Å². The van der Waals surface area contributed by atoms with Crippen molar-refractivity contribution in [3.8, 4) is 0 Å². The molecule has 0 saturated carbocycles. The predicted octanol–water partition coefficient (Wildman–Crippen LogP) is 2.34.